The van der Waals surface area contributed by atoms with E-state index in [0.717, 1.165) is 11.3 Å². The fourth-order valence-electron chi connectivity index (χ4n) is 2.10. The van der Waals surface area contributed by atoms with Gasteiger partial charge in [-0.3, -0.25) is 9.79 Å². The summed E-state index contributed by atoms with van der Waals surface area (Å²) in [6, 6.07) is 19.4. The van der Waals surface area contributed by atoms with Crippen LogP contribution in [0.15, 0.2) is 65.7 Å². The summed E-state index contributed by atoms with van der Waals surface area (Å²) >= 11 is 0. The van der Waals surface area contributed by atoms with E-state index in [1.54, 1.807) is 7.05 Å². The molecular weight excluding hydrogens is 443 g/mol. The smallest absolute Gasteiger partial charge is 0.239 e. The van der Waals surface area contributed by atoms with Crippen molar-refractivity contribution in [3.8, 4) is 5.75 Å². The summed E-state index contributed by atoms with van der Waals surface area (Å²) in [5.74, 6) is 1.30. The van der Waals surface area contributed by atoms with Gasteiger partial charge in [-0.05, 0) is 17.7 Å². The molecule has 0 aliphatic heterocycles. The van der Waals surface area contributed by atoms with Gasteiger partial charge in [-0.2, -0.15) is 0 Å². The second kappa shape index (κ2) is 13.0. The molecule has 26 heavy (non-hydrogen) atoms. The molecule has 2 aromatic carbocycles. The van der Waals surface area contributed by atoms with Gasteiger partial charge in [0.05, 0.1) is 13.1 Å². The number of para-hydroxylation sites is 1. The minimum absolute atomic E-state index is 0. The van der Waals surface area contributed by atoms with Crippen LogP contribution < -0.4 is 20.7 Å². The summed E-state index contributed by atoms with van der Waals surface area (Å²) in [7, 11) is 1.66. The van der Waals surface area contributed by atoms with E-state index >= 15 is 0 Å². The first-order valence-electron chi connectivity index (χ1n) is 8.21. The van der Waals surface area contributed by atoms with Crippen LogP contribution in [-0.4, -0.2) is 38.6 Å². The summed E-state index contributed by atoms with van der Waals surface area (Å²) in [6.07, 6.45) is 0. The monoisotopic (exact) mass is 468 g/mol. The Hall–Kier alpha value is -2.29. The van der Waals surface area contributed by atoms with E-state index < -0.39 is 0 Å². The van der Waals surface area contributed by atoms with E-state index in [2.05, 4.69) is 20.9 Å². The molecule has 0 aliphatic carbocycles. The van der Waals surface area contributed by atoms with Gasteiger partial charge in [-0.25, -0.2) is 0 Å². The fraction of sp³-hybridized carbons (Fsp3) is 0.263. The number of carbonyl (C=O) groups is 1. The molecule has 2 rings (SSSR count). The first-order valence-corrected chi connectivity index (χ1v) is 8.21. The molecule has 0 saturated carbocycles. The molecule has 0 heterocycles. The van der Waals surface area contributed by atoms with E-state index in [1.807, 2.05) is 60.7 Å². The molecule has 0 bridgehead atoms. The van der Waals surface area contributed by atoms with Crippen molar-refractivity contribution in [3.05, 3.63) is 66.2 Å². The number of nitrogens with zero attached hydrogens (tertiary/aromatic N) is 1. The van der Waals surface area contributed by atoms with Crippen molar-refractivity contribution in [1.29, 1.82) is 0 Å². The molecule has 1 amide bonds. The minimum atomic E-state index is -0.0904. The Bertz CT molecular complexity index is 666. The SMILES string of the molecule is CN=C(NCCOc1ccccc1)NCC(=O)NCc1ccccc1.I. The number of amides is 1. The van der Waals surface area contributed by atoms with Crippen molar-refractivity contribution in [1.82, 2.24) is 16.0 Å². The molecular formula is C19H25IN4O2. The zero-order valence-corrected chi connectivity index (χ0v) is 17.1. The third-order valence-electron chi connectivity index (χ3n) is 3.38. The van der Waals surface area contributed by atoms with Gasteiger partial charge in [-0.1, -0.05) is 48.5 Å². The molecule has 3 N–H and O–H groups in total. The van der Waals surface area contributed by atoms with Crippen molar-refractivity contribution in [2.24, 2.45) is 4.99 Å². The Morgan fingerprint density at radius 2 is 1.62 bits per heavy atom. The lowest BCUT2D eigenvalue weighted by Crippen LogP contribution is -2.44. The van der Waals surface area contributed by atoms with Gasteiger partial charge in [0.15, 0.2) is 5.96 Å². The lowest BCUT2D eigenvalue weighted by Gasteiger charge is -2.12. The van der Waals surface area contributed by atoms with Crippen molar-refractivity contribution in [3.63, 3.8) is 0 Å². The van der Waals surface area contributed by atoms with Gasteiger partial charge >= 0.3 is 0 Å². The van der Waals surface area contributed by atoms with Crippen LogP contribution in [-0.2, 0) is 11.3 Å². The van der Waals surface area contributed by atoms with Crippen LogP contribution in [0.2, 0.25) is 0 Å². The lowest BCUT2D eigenvalue weighted by molar-refractivity contribution is -0.120. The van der Waals surface area contributed by atoms with Crippen LogP contribution in [0.4, 0.5) is 0 Å². The van der Waals surface area contributed by atoms with Crippen LogP contribution in [0.3, 0.4) is 0 Å². The summed E-state index contributed by atoms with van der Waals surface area (Å²) < 4.78 is 5.59. The molecule has 0 atom stereocenters. The number of aliphatic imine (C=N–C) groups is 1. The number of ether oxygens (including phenoxy) is 1. The first-order chi connectivity index (χ1) is 12.3. The Morgan fingerprint density at radius 3 is 2.27 bits per heavy atom. The van der Waals surface area contributed by atoms with Crippen LogP contribution >= 0.6 is 24.0 Å². The average Bonchev–Trinajstić information content (AvgIpc) is 2.67. The fourth-order valence-corrected chi connectivity index (χ4v) is 2.10. The van der Waals surface area contributed by atoms with Crippen molar-refractivity contribution in [2.75, 3.05) is 26.7 Å². The van der Waals surface area contributed by atoms with Crippen LogP contribution in [0.5, 0.6) is 5.75 Å². The Labute approximate surface area is 171 Å². The zero-order chi connectivity index (χ0) is 17.7. The Balaban J connectivity index is 0.00000338. The Morgan fingerprint density at radius 1 is 0.962 bits per heavy atom. The molecule has 2 aromatic rings. The number of rotatable bonds is 8. The van der Waals surface area contributed by atoms with Gasteiger partial charge < -0.3 is 20.7 Å². The quantitative estimate of drug-likeness (QED) is 0.240. The third kappa shape index (κ3) is 8.70. The largest absolute Gasteiger partial charge is 0.492 e. The van der Waals surface area contributed by atoms with E-state index in [-0.39, 0.29) is 36.4 Å². The van der Waals surface area contributed by atoms with E-state index in [1.165, 1.54) is 0 Å². The number of guanidine groups is 1. The second-order valence-corrected chi connectivity index (χ2v) is 5.28. The van der Waals surface area contributed by atoms with Crippen LogP contribution in [0.25, 0.3) is 0 Å². The second-order valence-electron chi connectivity index (χ2n) is 5.28. The highest BCUT2D eigenvalue weighted by Gasteiger charge is 2.03. The van der Waals surface area contributed by atoms with Gasteiger partial charge in [0, 0.05) is 13.6 Å². The predicted octanol–water partition coefficient (Wildman–Crippen LogP) is 2.16. The van der Waals surface area contributed by atoms with Gasteiger partial charge in [0.1, 0.15) is 12.4 Å². The van der Waals surface area contributed by atoms with Crippen molar-refractivity contribution < 1.29 is 9.53 Å². The lowest BCUT2D eigenvalue weighted by atomic mass is 10.2. The maximum Gasteiger partial charge on any atom is 0.239 e. The molecule has 0 unspecified atom stereocenters. The summed E-state index contributed by atoms with van der Waals surface area (Å²) in [4.78, 5) is 16.0. The molecule has 0 radical (unpaired) electrons. The summed E-state index contributed by atoms with van der Waals surface area (Å²) in [6.45, 7) is 1.76. The van der Waals surface area contributed by atoms with Gasteiger partial charge in [0.25, 0.3) is 0 Å². The number of carbonyl (C=O) groups excluding carboxylic acids is 1. The van der Waals surface area contributed by atoms with Crippen molar-refractivity contribution >= 4 is 35.8 Å². The molecule has 7 heteroatoms. The topological polar surface area (TPSA) is 74.8 Å². The average molecular weight is 468 g/mol. The maximum absolute atomic E-state index is 11.9. The van der Waals surface area contributed by atoms with Crippen LogP contribution in [0, 0.1) is 0 Å². The number of benzene rings is 2. The highest BCUT2D eigenvalue weighted by Crippen LogP contribution is 2.07. The first kappa shape index (κ1) is 21.8. The number of hydrogen-bond acceptors (Lipinski definition) is 3. The van der Waals surface area contributed by atoms with E-state index in [0.29, 0.717) is 25.7 Å². The molecule has 140 valence electrons. The minimum Gasteiger partial charge on any atom is -0.492 e. The zero-order valence-electron chi connectivity index (χ0n) is 14.8. The van der Waals surface area contributed by atoms with Gasteiger partial charge in [-0.15, -0.1) is 24.0 Å². The number of halogens is 1. The molecule has 6 nitrogen and oxygen atoms in total. The third-order valence-corrected chi connectivity index (χ3v) is 3.38. The van der Waals surface area contributed by atoms with Crippen molar-refractivity contribution in [2.45, 2.75) is 6.54 Å². The Kier molecular flexibility index (Phi) is 10.9. The number of hydrogen-bond donors (Lipinski definition) is 3. The van der Waals surface area contributed by atoms with E-state index in [9.17, 15) is 4.79 Å². The molecule has 0 fully saturated rings. The van der Waals surface area contributed by atoms with Gasteiger partial charge in [0.2, 0.25) is 5.91 Å². The number of nitrogens with one attached hydrogen (secondary N) is 3. The molecule has 0 spiro atoms. The summed E-state index contributed by atoms with van der Waals surface area (Å²) in [5.41, 5.74) is 1.07. The summed E-state index contributed by atoms with van der Waals surface area (Å²) in [5, 5.41) is 8.94. The normalized spacial score (nSPS) is 10.4. The van der Waals surface area contributed by atoms with E-state index in [4.69, 9.17) is 4.74 Å². The van der Waals surface area contributed by atoms with Crippen LogP contribution in [0.1, 0.15) is 5.56 Å². The predicted molar refractivity (Wildman–Crippen MR) is 115 cm³/mol. The molecule has 0 saturated heterocycles. The standard InChI is InChI=1S/C19H24N4O2.HI/c1-20-19(21-12-13-25-17-10-6-3-7-11-17)23-15-18(24)22-14-16-8-4-2-5-9-16;/h2-11H,12-15H2,1H3,(H,22,24)(H2,20,21,23);1H. The molecule has 0 aromatic heterocycles. The molecule has 0 aliphatic rings. The maximum atomic E-state index is 11.9. The highest BCUT2D eigenvalue weighted by molar-refractivity contribution is 14.0. The highest BCUT2D eigenvalue weighted by atomic mass is 127.